The van der Waals surface area contributed by atoms with Crippen LogP contribution in [0, 0.1) is 0 Å². The first-order chi connectivity index (χ1) is 11.6. The highest BCUT2D eigenvalue weighted by Gasteiger charge is 2.14. The summed E-state index contributed by atoms with van der Waals surface area (Å²) in [4.78, 5) is 20.7. The van der Waals surface area contributed by atoms with Crippen molar-refractivity contribution < 1.29 is 4.79 Å². The summed E-state index contributed by atoms with van der Waals surface area (Å²) in [5.41, 5.74) is 2.20. The minimum atomic E-state index is -0.109. The Hall–Kier alpha value is -1.95. The number of amides is 1. The van der Waals surface area contributed by atoms with Crippen LogP contribution >= 0.6 is 34.5 Å². The molecule has 24 heavy (non-hydrogen) atoms. The molecule has 0 atom stereocenters. The molecule has 2 heterocycles. The van der Waals surface area contributed by atoms with Gasteiger partial charge in [-0.3, -0.25) is 9.78 Å². The summed E-state index contributed by atoms with van der Waals surface area (Å²) in [7, 11) is 0. The Kier molecular flexibility index (Phi) is 5.45. The number of carbonyl (C=O) groups excluding carboxylic acids is 1. The van der Waals surface area contributed by atoms with E-state index in [0.717, 1.165) is 5.69 Å². The first-order valence-electron chi connectivity index (χ1n) is 7.19. The van der Waals surface area contributed by atoms with Gasteiger partial charge in [0.25, 0.3) is 0 Å². The first kappa shape index (κ1) is 16.9. The fraction of sp³-hybridized carbons (Fsp3) is 0.118. The van der Waals surface area contributed by atoms with Crippen LogP contribution in [0.15, 0.2) is 48.0 Å². The molecule has 0 bridgehead atoms. The van der Waals surface area contributed by atoms with E-state index in [4.69, 9.17) is 23.2 Å². The zero-order valence-corrected chi connectivity index (χ0v) is 14.8. The number of rotatable bonds is 5. The van der Waals surface area contributed by atoms with Gasteiger partial charge in [-0.1, -0.05) is 35.3 Å². The minimum Gasteiger partial charge on any atom is -0.350 e. The average molecular weight is 378 g/mol. The third-order valence-electron chi connectivity index (χ3n) is 3.26. The fourth-order valence-corrected chi connectivity index (χ4v) is 3.70. The lowest BCUT2D eigenvalue weighted by Crippen LogP contribution is -2.25. The topological polar surface area (TPSA) is 54.9 Å². The standard InChI is InChI=1S/C17H13Cl2N3OS/c18-13-5-3-6-14(19)16(13)17-22-12(10-24-17)8-15(23)21-9-11-4-1-2-7-20-11/h1-7,10H,8-9H2,(H,21,23). The number of thiazole rings is 1. The van der Waals surface area contributed by atoms with Crippen LogP contribution in [0.3, 0.4) is 0 Å². The molecule has 4 nitrogen and oxygen atoms in total. The summed E-state index contributed by atoms with van der Waals surface area (Å²) < 4.78 is 0. The average Bonchev–Trinajstić information content (AvgIpc) is 3.02. The van der Waals surface area contributed by atoms with Gasteiger partial charge in [-0.25, -0.2) is 4.98 Å². The summed E-state index contributed by atoms with van der Waals surface area (Å²) in [5.74, 6) is -0.109. The van der Waals surface area contributed by atoms with Crippen molar-refractivity contribution in [3.63, 3.8) is 0 Å². The Morgan fingerprint density at radius 2 is 1.88 bits per heavy atom. The van der Waals surface area contributed by atoms with Crippen molar-refractivity contribution in [2.45, 2.75) is 13.0 Å². The largest absolute Gasteiger partial charge is 0.350 e. The van der Waals surface area contributed by atoms with Gasteiger partial charge in [0.2, 0.25) is 5.91 Å². The molecule has 0 saturated heterocycles. The quantitative estimate of drug-likeness (QED) is 0.717. The molecule has 1 N–H and O–H groups in total. The molecule has 0 aliphatic heterocycles. The molecule has 1 amide bonds. The highest BCUT2D eigenvalue weighted by Crippen LogP contribution is 2.36. The third-order valence-corrected chi connectivity index (χ3v) is 4.80. The van der Waals surface area contributed by atoms with Crippen LogP contribution in [0.1, 0.15) is 11.4 Å². The summed E-state index contributed by atoms with van der Waals surface area (Å²) in [6, 6.07) is 10.9. The molecule has 3 rings (SSSR count). The molecular formula is C17H13Cl2N3OS. The number of halogens is 2. The maximum atomic E-state index is 12.0. The second kappa shape index (κ2) is 7.75. The van der Waals surface area contributed by atoms with E-state index in [1.54, 1.807) is 24.4 Å². The molecule has 0 radical (unpaired) electrons. The van der Waals surface area contributed by atoms with E-state index in [9.17, 15) is 4.79 Å². The molecular weight excluding hydrogens is 365 g/mol. The molecule has 7 heteroatoms. The van der Waals surface area contributed by atoms with Crippen LogP contribution in [0.4, 0.5) is 0 Å². The third kappa shape index (κ3) is 4.12. The van der Waals surface area contributed by atoms with Crippen molar-refractivity contribution in [1.29, 1.82) is 0 Å². The highest BCUT2D eigenvalue weighted by molar-refractivity contribution is 7.13. The van der Waals surface area contributed by atoms with Gasteiger partial charge >= 0.3 is 0 Å². The monoisotopic (exact) mass is 377 g/mol. The van der Waals surface area contributed by atoms with Gasteiger partial charge in [-0.05, 0) is 24.3 Å². The van der Waals surface area contributed by atoms with E-state index < -0.39 is 0 Å². The zero-order valence-electron chi connectivity index (χ0n) is 12.5. The lowest BCUT2D eigenvalue weighted by molar-refractivity contribution is -0.120. The fourth-order valence-electron chi connectivity index (χ4n) is 2.12. The number of hydrogen-bond acceptors (Lipinski definition) is 4. The van der Waals surface area contributed by atoms with Gasteiger partial charge in [0.1, 0.15) is 5.01 Å². The van der Waals surface area contributed by atoms with Crippen molar-refractivity contribution in [2.24, 2.45) is 0 Å². The highest BCUT2D eigenvalue weighted by atomic mass is 35.5. The molecule has 2 aromatic heterocycles. The lowest BCUT2D eigenvalue weighted by atomic mass is 10.2. The maximum Gasteiger partial charge on any atom is 0.226 e. The molecule has 0 aliphatic carbocycles. The van der Waals surface area contributed by atoms with Crippen LogP contribution in [0.2, 0.25) is 10.0 Å². The summed E-state index contributed by atoms with van der Waals surface area (Å²) >= 11 is 13.8. The van der Waals surface area contributed by atoms with Gasteiger partial charge < -0.3 is 5.32 Å². The number of nitrogens with one attached hydrogen (secondary N) is 1. The number of nitrogens with zero attached hydrogens (tertiary/aromatic N) is 2. The van der Waals surface area contributed by atoms with Crippen LogP contribution in [-0.2, 0) is 17.8 Å². The smallest absolute Gasteiger partial charge is 0.226 e. The molecule has 0 unspecified atom stereocenters. The molecule has 1 aromatic carbocycles. The Morgan fingerprint density at radius 1 is 1.08 bits per heavy atom. The van der Waals surface area contributed by atoms with E-state index in [1.165, 1.54) is 11.3 Å². The van der Waals surface area contributed by atoms with Gasteiger partial charge in [0, 0.05) is 17.1 Å². The molecule has 0 fully saturated rings. The number of aromatic nitrogens is 2. The van der Waals surface area contributed by atoms with E-state index in [-0.39, 0.29) is 12.3 Å². The van der Waals surface area contributed by atoms with Crippen LogP contribution in [-0.4, -0.2) is 15.9 Å². The number of benzene rings is 1. The Balaban J connectivity index is 1.65. The number of hydrogen-bond donors (Lipinski definition) is 1. The van der Waals surface area contributed by atoms with Crippen molar-refractivity contribution in [2.75, 3.05) is 0 Å². The van der Waals surface area contributed by atoms with Crippen LogP contribution in [0.5, 0.6) is 0 Å². The molecule has 0 aliphatic rings. The van der Waals surface area contributed by atoms with Crippen molar-refractivity contribution in [1.82, 2.24) is 15.3 Å². The Labute approximate surface area is 153 Å². The lowest BCUT2D eigenvalue weighted by Gasteiger charge is -2.04. The number of pyridine rings is 1. The second-order valence-electron chi connectivity index (χ2n) is 5.02. The minimum absolute atomic E-state index is 0.109. The normalized spacial score (nSPS) is 10.6. The van der Waals surface area contributed by atoms with Gasteiger partial charge in [0.15, 0.2) is 0 Å². The van der Waals surface area contributed by atoms with E-state index in [1.807, 2.05) is 23.6 Å². The van der Waals surface area contributed by atoms with Crippen LogP contribution < -0.4 is 5.32 Å². The van der Waals surface area contributed by atoms with Gasteiger partial charge in [-0.2, -0.15) is 0 Å². The van der Waals surface area contributed by atoms with Crippen molar-refractivity contribution >= 4 is 40.4 Å². The maximum absolute atomic E-state index is 12.0. The molecule has 0 spiro atoms. The molecule has 3 aromatic rings. The second-order valence-corrected chi connectivity index (χ2v) is 6.69. The SMILES string of the molecule is O=C(Cc1csc(-c2c(Cl)cccc2Cl)n1)NCc1ccccn1. The zero-order chi connectivity index (χ0) is 16.9. The Bertz CT molecular complexity index is 832. The summed E-state index contributed by atoms with van der Waals surface area (Å²) in [5, 5.41) is 6.47. The van der Waals surface area contributed by atoms with Crippen LogP contribution in [0.25, 0.3) is 10.6 Å². The predicted molar refractivity (Wildman–Crippen MR) is 97.4 cm³/mol. The predicted octanol–water partition coefficient (Wildman–Crippen LogP) is 4.37. The van der Waals surface area contributed by atoms with E-state index in [0.29, 0.717) is 32.9 Å². The van der Waals surface area contributed by atoms with Crippen molar-refractivity contribution in [3.05, 3.63) is 69.4 Å². The Morgan fingerprint density at radius 3 is 2.58 bits per heavy atom. The first-order valence-corrected chi connectivity index (χ1v) is 8.82. The van der Waals surface area contributed by atoms with E-state index in [2.05, 4.69) is 15.3 Å². The number of carbonyl (C=O) groups is 1. The van der Waals surface area contributed by atoms with Gasteiger partial charge in [0.05, 0.1) is 34.4 Å². The van der Waals surface area contributed by atoms with E-state index >= 15 is 0 Å². The van der Waals surface area contributed by atoms with Gasteiger partial charge in [-0.15, -0.1) is 11.3 Å². The molecule has 0 saturated carbocycles. The molecule has 122 valence electrons. The van der Waals surface area contributed by atoms with Crippen molar-refractivity contribution in [3.8, 4) is 10.6 Å². The summed E-state index contributed by atoms with van der Waals surface area (Å²) in [6.45, 7) is 0.396. The summed E-state index contributed by atoms with van der Waals surface area (Å²) in [6.07, 6.45) is 1.90.